The molecule has 0 saturated carbocycles. The van der Waals surface area contributed by atoms with Gasteiger partial charge >= 0.3 is 0 Å². The van der Waals surface area contributed by atoms with E-state index in [0.29, 0.717) is 18.6 Å². The predicted molar refractivity (Wildman–Crippen MR) is 102 cm³/mol. The van der Waals surface area contributed by atoms with Crippen molar-refractivity contribution in [2.45, 2.75) is 23.8 Å². The lowest BCUT2D eigenvalue weighted by Gasteiger charge is -2.23. The molecule has 148 valence electrons. The van der Waals surface area contributed by atoms with E-state index in [0.717, 1.165) is 0 Å². The monoisotopic (exact) mass is 405 g/mol. The number of nitrogens with one attached hydrogen (secondary N) is 1. The van der Waals surface area contributed by atoms with Gasteiger partial charge in [-0.2, -0.15) is 4.31 Å². The smallest absolute Gasteiger partial charge is 0.271 e. The van der Waals surface area contributed by atoms with Crippen molar-refractivity contribution in [3.63, 3.8) is 0 Å². The molecular weight excluding hydrogens is 386 g/mol. The van der Waals surface area contributed by atoms with Gasteiger partial charge in [-0.1, -0.05) is 6.07 Å². The molecule has 9 nitrogen and oxygen atoms in total. The molecule has 0 radical (unpaired) electrons. The highest BCUT2D eigenvalue weighted by Gasteiger charge is 2.39. The summed E-state index contributed by atoms with van der Waals surface area (Å²) in [5, 5.41) is 13.5. The van der Waals surface area contributed by atoms with Crippen LogP contribution >= 0.6 is 0 Å². The molecule has 0 bridgehead atoms. The molecule has 1 unspecified atom stereocenters. The number of sulfonamides is 1. The van der Waals surface area contributed by atoms with Crippen LogP contribution in [-0.4, -0.2) is 43.2 Å². The van der Waals surface area contributed by atoms with E-state index in [2.05, 4.69) is 5.32 Å². The normalized spacial score (nSPS) is 17.2. The average molecular weight is 405 g/mol. The van der Waals surface area contributed by atoms with Gasteiger partial charge < -0.3 is 10.1 Å². The Kier molecular flexibility index (Phi) is 5.61. The molecule has 1 saturated heterocycles. The standard InChI is InChI=1S/C18H19N3O6S/c1-27-15-7-9-16(10-8-15)28(25,26)20-11-3-6-17(20)18(22)19-13-4-2-5-14(12-13)21(23)24/h2,4-5,7-10,12,17H,3,6,11H2,1H3,(H,19,22). The summed E-state index contributed by atoms with van der Waals surface area (Å²) in [6.45, 7) is 0.224. The average Bonchev–Trinajstić information content (AvgIpc) is 3.19. The van der Waals surface area contributed by atoms with Gasteiger partial charge in [0.2, 0.25) is 15.9 Å². The molecule has 0 aliphatic carbocycles. The zero-order valence-electron chi connectivity index (χ0n) is 15.1. The van der Waals surface area contributed by atoms with Crippen molar-refractivity contribution >= 4 is 27.3 Å². The van der Waals surface area contributed by atoms with Crippen molar-refractivity contribution in [1.29, 1.82) is 0 Å². The number of hydrogen-bond donors (Lipinski definition) is 1. The van der Waals surface area contributed by atoms with E-state index >= 15 is 0 Å². The highest BCUT2D eigenvalue weighted by Crippen LogP contribution is 2.28. The van der Waals surface area contributed by atoms with Crippen molar-refractivity contribution in [2.75, 3.05) is 19.0 Å². The van der Waals surface area contributed by atoms with E-state index in [4.69, 9.17) is 4.74 Å². The number of rotatable bonds is 6. The van der Waals surface area contributed by atoms with Crippen LogP contribution in [0.25, 0.3) is 0 Å². The van der Waals surface area contributed by atoms with Crippen LogP contribution < -0.4 is 10.1 Å². The van der Waals surface area contributed by atoms with Gasteiger partial charge in [-0.05, 0) is 43.2 Å². The molecule has 28 heavy (non-hydrogen) atoms. The summed E-state index contributed by atoms with van der Waals surface area (Å²) in [5.41, 5.74) is 0.0832. The number of methoxy groups -OCH3 is 1. The minimum Gasteiger partial charge on any atom is -0.497 e. The zero-order chi connectivity index (χ0) is 20.3. The molecule has 2 aromatic rings. The maximum absolute atomic E-state index is 13.0. The molecule has 10 heteroatoms. The second-order valence-corrected chi connectivity index (χ2v) is 8.14. The first kappa shape index (κ1) is 19.8. The quantitative estimate of drug-likeness (QED) is 0.582. The van der Waals surface area contributed by atoms with E-state index in [1.54, 1.807) is 12.1 Å². The first-order chi connectivity index (χ1) is 13.3. The van der Waals surface area contributed by atoms with Crippen molar-refractivity contribution in [3.8, 4) is 5.75 Å². The number of amides is 1. The van der Waals surface area contributed by atoms with Gasteiger partial charge in [-0.15, -0.1) is 0 Å². The third kappa shape index (κ3) is 3.97. The lowest BCUT2D eigenvalue weighted by Crippen LogP contribution is -2.43. The summed E-state index contributed by atoms with van der Waals surface area (Å²) in [4.78, 5) is 23.1. The van der Waals surface area contributed by atoms with Crippen LogP contribution in [-0.2, 0) is 14.8 Å². The van der Waals surface area contributed by atoms with Gasteiger partial charge in [0.25, 0.3) is 5.69 Å². The van der Waals surface area contributed by atoms with Crippen LogP contribution in [0.3, 0.4) is 0 Å². The Hall–Kier alpha value is -2.98. The Labute approximate surface area is 162 Å². The zero-order valence-corrected chi connectivity index (χ0v) is 15.9. The summed E-state index contributed by atoms with van der Waals surface area (Å²) in [6, 6.07) is 10.6. The summed E-state index contributed by atoms with van der Waals surface area (Å²) >= 11 is 0. The highest BCUT2D eigenvalue weighted by molar-refractivity contribution is 7.89. The lowest BCUT2D eigenvalue weighted by molar-refractivity contribution is -0.384. The number of carbonyl (C=O) groups excluding carboxylic acids is 1. The SMILES string of the molecule is COc1ccc(S(=O)(=O)N2CCCC2C(=O)Nc2cccc([N+](=O)[O-])c2)cc1. The number of nitro benzene ring substituents is 1. The number of nitro groups is 1. The molecule has 0 spiro atoms. The summed E-state index contributed by atoms with van der Waals surface area (Å²) in [6.07, 6.45) is 0.915. The van der Waals surface area contributed by atoms with Crippen molar-refractivity contribution in [1.82, 2.24) is 4.31 Å². The van der Waals surface area contributed by atoms with Crippen LogP contribution in [0.4, 0.5) is 11.4 Å². The first-order valence-electron chi connectivity index (χ1n) is 8.54. The Morgan fingerprint density at radius 1 is 1.25 bits per heavy atom. The Morgan fingerprint density at radius 3 is 2.61 bits per heavy atom. The van der Waals surface area contributed by atoms with Gasteiger partial charge in [0.1, 0.15) is 11.8 Å². The molecule has 1 fully saturated rings. The van der Waals surface area contributed by atoms with E-state index in [-0.39, 0.29) is 22.8 Å². The van der Waals surface area contributed by atoms with Crippen LogP contribution in [0.5, 0.6) is 5.75 Å². The number of anilines is 1. The number of ether oxygens (including phenoxy) is 1. The highest BCUT2D eigenvalue weighted by atomic mass is 32.2. The van der Waals surface area contributed by atoms with Crippen LogP contribution in [0, 0.1) is 10.1 Å². The molecule has 0 aromatic heterocycles. The van der Waals surface area contributed by atoms with Crippen molar-refractivity contribution in [2.24, 2.45) is 0 Å². The maximum atomic E-state index is 13.0. The van der Waals surface area contributed by atoms with Crippen molar-refractivity contribution in [3.05, 3.63) is 58.6 Å². The Balaban J connectivity index is 1.80. The number of benzene rings is 2. The Morgan fingerprint density at radius 2 is 1.96 bits per heavy atom. The number of non-ortho nitro benzene ring substituents is 1. The summed E-state index contributed by atoms with van der Waals surface area (Å²) in [7, 11) is -2.38. The molecule has 1 heterocycles. The predicted octanol–water partition coefficient (Wildman–Crippen LogP) is 2.40. The fourth-order valence-corrected chi connectivity index (χ4v) is 4.75. The number of carbonyl (C=O) groups is 1. The molecule has 1 atom stereocenters. The van der Waals surface area contributed by atoms with Crippen molar-refractivity contribution < 1.29 is 22.9 Å². The molecular formula is C18H19N3O6S. The van der Waals surface area contributed by atoms with Gasteiger partial charge in [0, 0.05) is 24.4 Å². The molecule has 1 N–H and O–H groups in total. The third-order valence-corrected chi connectivity index (χ3v) is 6.42. The second kappa shape index (κ2) is 7.95. The first-order valence-corrected chi connectivity index (χ1v) is 9.98. The summed E-state index contributed by atoms with van der Waals surface area (Å²) < 4.78 is 32.1. The van der Waals surface area contributed by atoms with Crippen LogP contribution in [0.15, 0.2) is 53.4 Å². The largest absolute Gasteiger partial charge is 0.497 e. The Bertz CT molecular complexity index is 991. The molecule has 1 aliphatic rings. The van der Waals surface area contributed by atoms with E-state index in [1.807, 2.05) is 0 Å². The fourth-order valence-electron chi connectivity index (χ4n) is 3.10. The number of nitrogens with zero attached hydrogens (tertiary/aromatic N) is 2. The van der Waals surface area contributed by atoms with E-state index < -0.39 is 26.9 Å². The van der Waals surface area contributed by atoms with E-state index in [9.17, 15) is 23.3 Å². The molecule has 3 rings (SSSR count). The lowest BCUT2D eigenvalue weighted by atomic mass is 10.2. The maximum Gasteiger partial charge on any atom is 0.271 e. The molecule has 1 aliphatic heterocycles. The summed E-state index contributed by atoms with van der Waals surface area (Å²) in [5.74, 6) is 0.00965. The van der Waals surface area contributed by atoms with Gasteiger partial charge in [-0.3, -0.25) is 14.9 Å². The molecule has 1 amide bonds. The van der Waals surface area contributed by atoms with Gasteiger partial charge in [0.05, 0.1) is 16.9 Å². The van der Waals surface area contributed by atoms with Crippen LogP contribution in [0.1, 0.15) is 12.8 Å². The van der Waals surface area contributed by atoms with Gasteiger partial charge in [-0.25, -0.2) is 8.42 Å². The second-order valence-electron chi connectivity index (χ2n) is 6.25. The van der Waals surface area contributed by atoms with E-state index in [1.165, 1.54) is 47.8 Å². The number of hydrogen-bond acceptors (Lipinski definition) is 6. The van der Waals surface area contributed by atoms with Crippen LogP contribution in [0.2, 0.25) is 0 Å². The third-order valence-electron chi connectivity index (χ3n) is 4.50. The fraction of sp³-hybridized carbons (Fsp3) is 0.278. The minimum atomic E-state index is -3.86. The molecule has 2 aromatic carbocycles. The van der Waals surface area contributed by atoms with Gasteiger partial charge in [0.15, 0.2) is 0 Å². The topological polar surface area (TPSA) is 119 Å². The minimum absolute atomic E-state index is 0.0725.